The maximum absolute atomic E-state index is 11.7. The zero-order valence-corrected chi connectivity index (χ0v) is 5.89. The van der Waals surface area contributed by atoms with E-state index >= 15 is 0 Å². The number of rotatable bonds is 1. The highest BCUT2D eigenvalue weighted by atomic mass is 19.4. The van der Waals surface area contributed by atoms with Crippen LogP contribution in [-0.4, -0.2) is 11.4 Å². The SMILES string of the molecule is Oc1ccccc1NC(F)(F)F. The van der Waals surface area contributed by atoms with Crippen LogP contribution in [0.3, 0.4) is 0 Å². The number of halogens is 3. The van der Waals surface area contributed by atoms with Gasteiger partial charge >= 0.3 is 6.30 Å². The van der Waals surface area contributed by atoms with Gasteiger partial charge in [-0.15, -0.1) is 0 Å². The molecule has 0 amide bonds. The third-order valence-electron chi connectivity index (χ3n) is 1.18. The van der Waals surface area contributed by atoms with Gasteiger partial charge in [-0.1, -0.05) is 12.1 Å². The Morgan fingerprint density at radius 1 is 1.17 bits per heavy atom. The first kappa shape index (κ1) is 8.70. The van der Waals surface area contributed by atoms with Gasteiger partial charge in [0.05, 0.1) is 5.69 Å². The molecule has 12 heavy (non-hydrogen) atoms. The molecule has 0 atom stereocenters. The summed E-state index contributed by atoms with van der Waals surface area (Å²) in [6.45, 7) is 0. The monoisotopic (exact) mass is 177 g/mol. The molecule has 1 aromatic carbocycles. The van der Waals surface area contributed by atoms with Crippen molar-refractivity contribution in [3.8, 4) is 5.75 Å². The molecule has 0 aliphatic heterocycles. The summed E-state index contributed by atoms with van der Waals surface area (Å²) in [5, 5.41) is 10.1. The fraction of sp³-hybridized carbons (Fsp3) is 0.143. The maximum atomic E-state index is 11.7. The van der Waals surface area contributed by atoms with Crippen LogP contribution in [0.2, 0.25) is 0 Å². The molecular weight excluding hydrogens is 171 g/mol. The molecule has 0 radical (unpaired) electrons. The summed E-state index contributed by atoms with van der Waals surface area (Å²) in [5.74, 6) is -0.421. The van der Waals surface area contributed by atoms with Crippen molar-refractivity contribution >= 4 is 5.69 Å². The lowest BCUT2D eigenvalue weighted by atomic mass is 10.3. The first-order valence-electron chi connectivity index (χ1n) is 3.12. The predicted octanol–water partition coefficient (Wildman–Crippen LogP) is 2.32. The van der Waals surface area contributed by atoms with E-state index in [0.717, 1.165) is 6.07 Å². The normalized spacial score (nSPS) is 11.2. The lowest BCUT2D eigenvalue weighted by Gasteiger charge is -2.10. The number of phenols is 1. The molecule has 0 saturated heterocycles. The Hall–Kier alpha value is -1.39. The van der Waals surface area contributed by atoms with Crippen molar-refractivity contribution in [3.63, 3.8) is 0 Å². The topological polar surface area (TPSA) is 32.3 Å². The van der Waals surface area contributed by atoms with E-state index in [9.17, 15) is 13.2 Å². The average molecular weight is 177 g/mol. The van der Waals surface area contributed by atoms with E-state index in [1.807, 2.05) is 0 Å². The molecule has 66 valence electrons. The van der Waals surface area contributed by atoms with Crippen molar-refractivity contribution in [1.29, 1.82) is 0 Å². The molecule has 0 aliphatic carbocycles. The van der Waals surface area contributed by atoms with Gasteiger partial charge < -0.3 is 5.11 Å². The largest absolute Gasteiger partial charge is 0.506 e. The van der Waals surface area contributed by atoms with Crippen LogP contribution >= 0.6 is 0 Å². The quantitative estimate of drug-likeness (QED) is 0.509. The number of hydrogen-bond donors (Lipinski definition) is 2. The Balaban J connectivity index is 2.83. The van der Waals surface area contributed by atoms with Crippen LogP contribution in [-0.2, 0) is 0 Å². The van der Waals surface area contributed by atoms with E-state index in [4.69, 9.17) is 5.11 Å². The second kappa shape index (κ2) is 2.92. The molecule has 0 aromatic heterocycles. The van der Waals surface area contributed by atoms with Crippen molar-refractivity contribution < 1.29 is 18.3 Å². The van der Waals surface area contributed by atoms with Crippen LogP contribution in [0, 0.1) is 0 Å². The van der Waals surface area contributed by atoms with Crippen LogP contribution in [0.5, 0.6) is 5.75 Å². The summed E-state index contributed by atoms with van der Waals surface area (Å²) in [7, 11) is 0. The molecule has 0 heterocycles. The number of phenolic OH excluding ortho intramolecular Hbond substituents is 1. The van der Waals surface area contributed by atoms with Crippen molar-refractivity contribution in [1.82, 2.24) is 0 Å². The molecule has 1 rings (SSSR count). The highest BCUT2D eigenvalue weighted by molar-refractivity contribution is 5.55. The van der Waals surface area contributed by atoms with Gasteiger partial charge in [-0.25, -0.2) is 0 Å². The number of para-hydroxylation sites is 2. The average Bonchev–Trinajstić information content (AvgIpc) is 1.91. The van der Waals surface area contributed by atoms with Gasteiger partial charge in [0.1, 0.15) is 5.75 Å². The smallest absolute Gasteiger partial charge is 0.482 e. The molecular formula is C7H6F3NO. The predicted molar refractivity (Wildman–Crippen MR) is 37.8 cm³/mol. The molecule has 0 bridgehead atoms. The Labute approximate surface area is 66.6 Å². The number of hydrogen-bond acceptors (Lipinski definition) is 2. The number of anilines is 1. The Bertz CT molecular complexity index is 272. The standard InChI is InChI=1S/C7H6F3NO/c8-7(9,10)11-5-3-1-2-4-6(5)12/h1-4,11-12H. The summed E-state index contributed by atoms with van der Waals surface area (Å²) in [4.78, 5) is 0. The van der Waals surface area contributed by atoms with E-state index in [1.54, 1.807) is 0 Å². The molecule has 0 fully saturated rings. The first-order valence-corrected chi connectivity index (χ1v) is 3.12. The van der Waals surface area contributed by atoms with Crippen LogP contribution < -0.4 is 5.32 Å². The zero-order chi connectivity index (χ0) is 9.19. The van der Waals surface area contributed by atoms with Gasteiger partial charge in [-0.2, -0.15) is 13.2 Å². The summed E-state index contributed by atoms with van der Waals surface area (Å²) < 4.78 is 35.1. The second-order valence-corrected chi connectivity index (χ2v) is 2.14. The molecule has 0 unspecified atom stereocenters. The van der Waals surface area contributed by atoms with E-state index in [2.05, 4.69) is 0 Å². The molecule has 0 spiro atoms. The fourth-order valence-electron chi connectivity index (χ4n) is 0.732. The highest BCUT2D eigenvalue weighted by Gasteiger charge is 2.27. The van der Waals surface area contributed by atoms with Gasteiger partial charge in [0.15, 0.2) is 0 Å². The Morgan fingerprint density at radius 2 is 1.75 bits per heavy atom. The Morgan fingerprint density at radius 3 is 2.25 bits per heavy atom. The maximum Gasteiger partial charge on any atom is 0.482 e. The molecule has 1 aromatic rings. The zero-order valence-electron chi connectivity index (χ0n) is 5.89. The van der Waals surface area contributed by atoms with Crippen LogP contribution in [0.1, 0.15) is 0 Å². The van der Waals surface area contributed by atoms with Crippen LogP contribution in [0.15, 0.2) is 24.3 Å². The highest BCUT2D eigenvalue weighted by Crippen LogP contribution is 2.27. The van der Waals surface area contributed by atoms with Crippen LogP contribution in [0.4, 0.5) is 18.9 Å². The number of alkyl halides is 3. The minimum absolute atomic E-state index is 0.343. The van der Waals surface area contributed by atoms with E-state index in [1.165, 1.54) is 23.5 Å². The summed E-state index contributed by atoms with van der Waals surface area (Å²) in [6, 6.07) is 5.15. The van der Waals surface area contributed by atoms with Gasteiger partial charge in [-0.3, -0.25) is 5.32 Å². The minimum Gasteiger partial charge on any atom is -0.506 e. The molecule has 0 aliphatic rings. The lowest BCUT2D eigenvalue weighted by Crippen LogP contribution is -2.20. The van der Waals surface area contributed by atoms with Gasteiger partial charge in [-0.05, 0) is 12.1 Å². The van der Waals surface area contributed by atoms with Crippen molar-refractivity contribution in [2.75, 3.05) is 5.32 Å². The van der Waals surface area contributed by atoms with Gasteiger partial charge in [0.2, 0.25) is 0 Å². The lowest BCUT2D eigenvalue weighted by molar-refractivity contribution is -0.100. The van der Waals surface area contributed by atoms with Crippen molar-refractivity contribution in [2.24, 2.45) is 0 Å². The van der Waals surface area contributed by atoms with Gasteiger partial charge in [0, 0.05) is 0 Å². The minimum atomic E-state index is -4.52. The molecule has 0 saturated carbocycles. The first-order chi connectivity index (χ1) is 5.49. The van der Waals surface area contributed by atoms with Crippen molar-refractivity contribution in [3.05, 3.63) is 24.3 Å². The fourth-order valence-corrected chi connectivity index (χ4v) is 0.732. The number of aromatic hydroxyl groups is 1. The van der Waals surface area contributed by atoms with Crippen LogP contribution in [0.25, 0.3) is 0 Å². The van der Waals surface area contributed by atoms with Gasteiger partial charge in [0.25, 0.3) is 0 Å². The summed E-state index contributed by atoms with van der Waals surface area (Å²) in [5.41, 5.74) is -0.343. The number of benzene rings is 1. The molecule has 5 heteroatoms. The third-order valence-corrected chi connectivity index (χ3v) is 1.18. The third kappa shape index (κ3) is 2.34. The molecule has 2 nitrogen and oxygen atoms in total. The summed E-state index contributed by atoms with van der Waals surface area (Å²) in [6.07, 6.45) is -4.52. The Kier molecular flexibility index (Phi) is 2.12. The van der Waals surface area contributed by atoms with E-state index < -0.39 is 12.0 Å². The van der Waals surface area contributed by atoms with E-state index in [0.29, 0.717) is 0 Å². The summed E-state index contributed by atoms with van der Waals surface area (Å²) >= 11 is 0. The molecule has 2 N–H and O–H groups in total. The second-order valence-electron chi connectivity index (χ2n) is 2.14. The van der Waals surface area contributed by atoms with Crippen molar-refractivity contribution in [2.45, 2.75) is 6.30 Å². The van der Waals surface area contributed by atoms with E-state index in [-0.39, 0.29) is 5.69 Å². The number of nitrogens with one attached hydrogen (secondary N) is 1.